The van der Waals surface area contributed by atoms with E-state index in [1.54, 1.807) is 18.2 Å². The molecule has 2 amide bonds. The van der Waals surface area contributed by atoms with E-state index in [4.69, 9.17) is 11.6 Å². The molecule has 2 aliphatic rings. The van der Waals surface area contributed by atoms with Crippen molar-refractivity contribution in [1.82, 2.24) is 5.01 Å². The van der Waals surface area contributed by atoms with Crippen LogP contribution in [0, 0.1) is 12.8 Å². The first-order valence-electron chi connectivity index (χ1n) is 11.5. The van der Waals surface area contributed by atoms with Gasteiger partial charge in [0.2, 0.25) is 0 Å². The van der Waals surface area contributed by atoms with Gasteiger partial charge in [-0.1, -0.05) is 78.4 Å². The summed E-state index contributed by atoms with van der Waals surface area (Å²) in [6.07, 6.45) is 3.99. The van der Waals surface area contributed by atoms with E-state index in [2.05, 4.69) is 12.0 Å². The fourth-order valence-corrected chi connectivity index (χ4v) is 5.66. The van der Waals surface area contributed by atoms with E-state index in [0.29, 0.717) is 28.3 Å². The second kappa shape index (κ2) is 8.75. The molecule has 1 aliphatic heterocycles. The van der Waals surface area contributed by atoms with Crippen LogP contribution in [0.1, 0.15) is 29.0 Å². The largest absolute Gasteiger partial charge is 0.508 e. The topological polar surface area (TPSA) is 69.6 Å². The fourth-order valence-electron chi connectivity index (χ4n) is 5.48. The summed E-state index contributed by atoms with van der Waals surface area (Å²) in [6.45, 7) is 5.95. The number of amides is 2. The maximum Gasteiger partial charge on any atom is 0.260 e. The first-order valence-corrected chi connectivity index (χ1v) is 11.8. The highest BCUT2D eigenvalue weighted by atomic mass is 35.5. The van der Waals surface area contributed by atoms with Gasteiger partial charge < -0.3 is 5.11 Å². The highest BCUT2D eigenvalue weighted by Crippen LogP contribution is 2.58. The minimum atomic E-state index is -1.30. The van der Waals surface area contributed by atoms with E-state index < -0.39 is 17.3 Å². The molecule has 2 N–H and O–H groups in total. The summed E-state index contributed by atoms with van der Waals surface area (Å²) < 4.78 is 0. The fraction of sp³-hybridized carbons (Fsp3) is 0.172. The summed E-state index contributed by atoms with van der Waals surface area (Å²) in [6, 6.07) is 21.6. The zero-order valence-corrected chi connectivity index (χ0v) is 20.0. The van der Waals surface area contributed by atoms with Crippen LogP contribution in [0.4, 0.5) is 5.69 Å². The van der Waals surface area contributed by atoms with Crippen molar-refractivity contribution in [2.75, 3.05) is 5.43 Å². The second-order valence-corrected chi connectivity index (χ2v) is 9.46. The number of rotatable bonds is 5. The number of halogens is 1. The number of fused-ring (bicyclic) bond motifs is 1. The maximum absolute atomic E-state index is 14.5. The number of phenolic OH excluding ortho intramolecular Hbond substituents is 1. The zero-order valence-electron chi connectivity index (χ0n) is 19.2. The lowest BCUT2D eigenvalue weighted by atomic mass is 9.56. The van der Waals surface area contributed by atoms with E-state index >= 15 is 0 Å². The number of nitrogens with zero attached hydrogens (tertiary/aromatic N) is 1. The van der Waals surface area contributed by atoms with Gasteiger partial charge in [0.05, 0.1) is 17.0 Å². The lowest BCUT2D eigenvalue weighted by molar-refractivity contribution is -0.138. The van der Waals surface area contributed by atoms with Gasteiger partial charge in [-0.2, -0.15) is 5.01 Å². The van der Waals surface area contributed by atoms with Crippen LogP contribution in [0.5, 0.6) is 5.75 Å². The molecule has 0 unspecified atom stereocenters. The van der Waals surface area contributed by atoms with Gasteiger partial charge in [-0.15, -0.1) is 0 Å². The van der Waals surface area contributed by atoms with Crippen molar-refractivity contribution < 1.29 is 14.7 Å². The van der Waals surface area contributed by atoms with Crippen molar-refractivity contribution in [3.05, 3.63) is 119 Å². The molecule has 35 heavy (non-hydrogen) atoms. The Hall–Kier alpha value is -3.83. The number of hydrogen-bond donors (Lipinski definition) is 2. The average molecular weight is 485 g/mol. The molecular weight excluding hydrogens is 460 g/mol. The van der Waals surface area contributed by atoms with Gasteiger partial charge in [-0.3, -0.25) is 15.0 Å². The number of nitrogens with one attached hydrogen (secondary N) is 1. The molecule has 1 aliphatic carbocycles. The van der Waals surface area contributed by atoms with E-state index in [1.165, 1.54) is 6.07 Å². The quantitative estimate of drug-likeness (QED) is 0.442. The Morgan fingerprint density at radius 2 is 1.80 bits per heavy atom. The molecule has 1 fully saturated rings. The molecule has 5 rings (SSSR count). The van der Waals surface area contributed by atoms with Crippen LogP contribution in [0.3, 0.4) is 0 Å². The Balaban J connectivity index is 1.74. The van der Waals surface area contributed by atoms with E-state index in [1.807, 2.05) is 67.6 Å². The molecule has 3 aromatic rings. The standard InChI is InChI=1S/C29H25ClN2O3/c1-3-19-11-15-24-27(34)32(31-22-13-9-18(2)10-14-22)28(35)29(24,20-7-5-4-6-8-20)26(19)23-17-21(30)12-16-25(23)33/h3-14,16-17,24,26,31,33H,1,15H2,2H3/t24-,26+,29+/m0/s1. The number of aryl methyl sites for hydroxylation is 1. The SMILES string of the molecule is C=CC1=CC[C@H]2C(=O)N(Nc3ccc(C)cc3)C(=O)[C@@]2(c2ccccc2)[C@H]1c1cc(Cl)ccc1O. The Kier molecular flexibility index (Phi) is 5.73. The van der Waals surface area contributed by atoms with Gasteiger partial charge in [0.1, 0.15) is 5.75 Å². The Morgan fingerprint density at radius 1 is 1.09 bits per heavy atom. The lowest BCUT2D eigenvalue weighted by Crippen LogP contribution is -2.48. The van der Waals surface area contributed by atoms with Crippen LogP contribution in [0.2, 0.25) is 5.02 Å². The van der Waals surface area contributed by atoms with Crippen LogP contribution >= 0.6 is 11.6 Å². The number of aromatic hydroxyl groups is 1. The predicted molar refractivity (Wildman–Crippen MR) is 137 cm³/mol. The monoisotopic (exact) mass is 484 g/mol. The molecule has 3 aromatic carbocycles. The number of anilines is 1. The van der Waals surface area contributed by atoms with E-state index in [0.717, 1.165) is 16.1 Å². The molecule has 0 radical (unpaired) electrons. The van der Waals surface area contributed by atoms with Crippen molar-refractivity contribution in [3.63, 3.8) is 0 Å². The smallest absolute Gasteiger partial charge is 0.260 e. The Labute approximate surface area is 209 Å². The highest BCUT2D eigenvalue weighted by Gasteiger charge is 2.66. The predicted octanol–water partition coefficient (Wildman–Crippen LogP) is 5.90. The van der Waals surface area contributed by atoms with Gasteiger partial charge in [-0.05, 0) is 54.8 Å². The number of phenols is 1. The van der Waals surface area contributed by atoms with Gasteiger partial charge >= 0.3 is 0 Å². The Bertz CT molecular complexity index is 1350. The Morgan fingerprint density at radius 3 is 2.49 bits per heavy atom. The summed E-state index contributed by atoms with van der Waals surface area (Å²) in [4.78, 5) is 28.3. The number of hydrogen-bond acceptors (Lipinski definition) is 4. The highest BCUT2D eigenvalue weighted by molar-refractivity contribution is 6.30. The van der Waals surface area contributed by atoms with Crippen molar-refractivity contribution in [2.45, 2.75) is 24.7 Å². The number of benzene rings is 3. The second-order valence-electron chi connectivity index (χ2n) is 9.02. The number of hydrazine groups is 1. The third-order valence-corrected chi connectivity index (χ3v) is 7.32. The normalized spacial score (nSPS) is 23.6. The molecule has 1 saturated heterocycles. The minimum absolute atomic E-state index is 0.00768. The maximum atomic E-state index is 14.5. The number of imide groups is 1. The first kappa shape index (κ1) is 22.9. The first-order chi connectivity index (χ1) is 16.9. The van der Waals surface area contributed by atoms with Crippen molar-refractivity contribution in [2.24, 2.45) is 5.92 Å². The third-order valence-electron chi connectivity index (χ3n) is 7.08. The molecule has 176 valence electrons. The number of carbonyl (C=O) groups is 2. The van der Waals surface area contributed by atoms with Gasteiger partial charge in [0.15, 0.2) is 0 Å². The summed E-state index contributed by atoms with van der Waals surface area (Å²) in [5.74, 6) is -2.03. The van der Waals surface area contributed by atoms with Gasteiger partial charge in [0, 0.05) is 16.5 Å². The summed E-state index contributed by atoms with van der Waals surface area (Å²) in [5, 5.41) is 12.5. The summed E-state index contributed by atoms with van der Waals surface area (Å²) in [5.41, 5.74) is 5.41. The lowest BCUT2D eigenvalue weighted by Gasteiger charge is -2.43. The third kappa shape index (κ3) is 3.55. The molecule has 5 nitrogen and oxygen atoms in total. The van der Waals surface area contributed by atoms with Crippen molar-refractivity contribution >= 4 is 29.1 Å². The summed E-state index contributed by atoms with van der Waals surface area (Å²) >= 11 is 6.34. The average Bonchev–Trinajstić information content (AvgIpc) is 3.09. The van der Waals surface area contributed by atoms with E-state index in [-0.39, 0.29) is 17.6 Å². The molecule has 0 aromatic heterocycles. The molecule has 1 heterocycles. The van der Waals surface area contributed by atoms with Crippen LogP contribution in [-0.4, -0.2) is 21.9 Å². The molecule has 3 atom stereocenters. The minimum Gasteiger partial charge on any atom is -0.508 e. The molecular formula is C29H25ClN2O3. The zero-order chi connectivity index (χ0) is 24.7. The van der Waals surface area contributed by atoms with Crippen LogP contribution in [0.25, 0.3) is 0 Å². The van der Waals surface area contributed by atoms with Gasteiger partial charge in [-0.25, -0.2) is 0 Å². The molecule has 6 heteroatoms. The molecule has 0 saturated carbocycles. The van der Waals surface area contributed by atoms with Crippen LogP contribution < -0.4 is 5.43 Å². The molecule has 0 spiro atoms. The van der Waals surface area contributed by atoms with Crippen LogP contribution in [0.15, 0.2) is 97.1 Å². The number of carbonyl (C=O) groups excluding carboxylic acids is 2. The summed E-state index contributed by atoms with van der Waals surface area (Å²) in [7, 11) is 0. The van der Waals surface area contributed by atoms with Crippen molar-refractivity contribution in [1.29, 1.82) is 0 Å². The van der Waals surface area contributed by atoms with Crippen LogP contribution in [-0.2, 0) is 15.0 Å². The number of allylic oxidation sites excluding steroid dienone is 3. The van der Waals surface area contributed by atoms with Crippen molar-refractivity contribution in [3.8, 4) is 5.75 Å². The van der Waals surface area contributed by atoms with E-state index in [9.17, 15) is 14.7 Å². The molecule has 0 bridgehead atoms. The van der Waals surface area contributed by atoms with Gasteiger partial charge in [0.25, 0.3) is 11.8 Å².